The van der Waals surface area contributed by atoms with Gasteiger partial charge in [0.2, 0.25) is 0 Å². The zero-order valence-corrected chi connectivity index (χ0v) is 17.3. The summed E-state index contributed by atoms with van der Waals surface area (Å²) in [4.78, 5) is 14.3. The van der Waals surface area contributed by atoms with Crippen molar-refractivity contribution in [2.45, 2.75) is 40.0 Å². The molecule has 0 bridgehead atoms. The molecule has 1 aliphatic rings. The highest BCUT2D eigenvalue weighted by atomic mass is 32.1. The average Bonchev–Trinajstić information content (AvgIpc) is 3.02. The van der Waals surface area contributed by atoms with Crippen molar-refractivity contribution in [1.82, 2.24) is 0 Å². The van der Waals surface area contributed by atoms with Crippen LogP contribution in [0.2, 0.25) is 0 Å². The minimum atomic E-state index is -0.153. The van der Waals surface area contributed by atoms with Crippen molar-refractivity contribution in [2.75, 3.05) is 5.32 Å². The van der Waals surface area contributed by atoms with E-state index in [1.165, 1.54) is 4.88 Å². The van der Waals surface area contributed by atoms with Crippen LogP contribution >= 0.6 is 11.3 Å². The Hall–Kier alpha value is -2.64. The fourth-order valence-corrected chi connectivity index (χ4v) is 5.40. The Kier molecular flexibility index (Phi) is 4.72. The maximum Gasteiger partial charge on any atom is 0.256 e. The molecule has 0 fully saturated rings. The number of nitriles is 1. The molecule has 3 nitrogen and oxygen atoms in total. The van der Waals surface area contributed by atoms with Crippen LogP contribution in [-0.4, -0.2) is 5.91 Å². The lowest BCUT2D eigenvalue weighted by Gasteiger charge is -2.33. The molecule has 4 heteroatoms. The molecule has 0 saturated heterocycles. The lowest BCUT2D eigenvalue weighted by molar-refractivity contribution is 0.102. The number of hydrogen-bond acceptors (Lipinski definition) is 3. The van der Waals surface area contributed by atoms with Crippen LogP contribution in [0, 0.1) is 22.7 Å². The smallest absolute Gasteiger partial charge is 0.256 e. The SMILES string of the molecule is CC(C)(C)[C@@H]1CCc2c(sc(NC(=O)c3cccc4ccccc34)c2C#N)C1. The number of rotatable bonds is 2. The van der Waals surface area contributed by atoms with Crippen molar-refractivity contribution in [3.05, 3.63) is 64.0 Å². The normalized spacial score (nSPS) is 16.4. The quantitative estimate of drug-likeness (QED) is 0.570. The molecule has 1 aromatic heterocycles. The molecule has 3 aromatic rings. The lowest BCUT2D eigenvalue weighted by atomic mass is 9.72. The number of benzene rings is 2. The summed E-state index contributed by atoms with van der Waals surface area (Å²) in [6, 6.07) is 16.0. The van der Waals surface area contributed by atoms with Gasteiger partial charge < -0.3 is 5.32 Å². The van der Waals surface area contributed by atoms with Crippen molar-refractivity contribution >= 4 is 33.0 Å². The Labute approximate surface area is 170 Å². The third-order valence-electron chi connectivity index (χ3n) is 5.86. The van der Waals surface area contributed by atoms with E-state index in [4.69, 9.17) is 0 Å². The average molecular weight is 389 g/mol. The van der Waals surface area contributed by atoms with Crippen LogP contribution in [0.15, 0.2) is 42.5 Å². The second-order valence-electron chi connectivity index (χ2n) is 8.61. The molecule has 28 heavy (non-hydrogen) atoms. The number of carbonyl (C=O) groups excluding carboxylic acids is 1. The van der Waals surface area contributed by atoms with E-state index in [9.17, 15) is 10.1 Å². The number of nitrogens with zero attached hydrogens (tertiary/aromatic N) is 1. The number of amides is 1. The largest absolute Gasteiger partial charge is 0.312 e. The molecule has 0 spiro atoms. The molecule has 0 aliphatic heterocycles. The Morgan fingerprint density at radius 1 is 1.18 bits per heavy atom. The predicted octanol–water partition coefficient (Wildman–Crippen LogP) is 6.18. The summed E-state index contributed by atoms with van der Waals surface area (Å²) in [6.45, 7) is 6.85. The predicted molar refractivity (Wildman–Crippen MR) is 116 cm³/mol. The topological polar surface area (TPSA) is 52.9 Å². The summed E-state index contributed by atoms with van der Waals surface area (Å²) in [6.07, 6.45) is 3.00. The maximum atomic E-state index is 13.0. The van der Waals surface area contributed by atoms with E-state index in [1.54, 1.807) is 11.3 Å². The van der Waals surface area contributed by atoms with E-state index in [0.29, 0.717) is 22.0 Å². The fourth-order valence-electron chi connectivity index (χ4n) is 4.13. The highest BCUT2D eigenvalue weighted by molar-refractivity contribution is 7.16. The molecule has 142 valence electrons. The standard InChI is InChI=1S/C24H24N2OS/c1-24(2,3)16-11-12-18-20(14-25)23(28-21(18)13-16)26-22(27)19-10-6-8-15-7-4-5-9-17(15)19/h4-10,16H,11-13H2,1-3H3,(H,26,27)/t16-/m1/s1. The first-order chi connectivity index (χ1) is 13.4. The van der Waals surface area contributed by atoms with Crippen LogP contribution in [0.5, 0.6) is 0 Å². The van der Waals surface area contributed by atoms with Gasteiger partial charge in [-0.1, -0.05) is 57.2 Å². The van der Waals surface area contributed by atoms with Gasteiger partial charge in [-0.2, -0.15) is 5.26 Å². The third kappa shape index (κ3) is 3.31. The first-order valence-electron chi connectivity index (χ1n) is 9.72. The molecule has 1 aliphatic carbocycles. The van der Waals surface area contributed by atoms with Crippen LogP contribution in [-0.2, 0) is 12.8 Å². The first-order valence-corrected chi connectivity index (χ1v) is 10.5. The minimum Gasteiger partial charge on any atom is -0.312 e. The Morgan fingerprint density at radius 3 is 2.68 bits per heavy atom. The van der Waals surface area contributed by atoms with Gasteiger partial charge in [0.05, 0.1) is 5.56 Å². The molecule has 1 amide bonds. The minimum absolute atomic E-state index is 0.153. The Bertz CT molecular complexity index is 1090. The number of hydrogen-bond donors (Lipinski definition) is 1. The van der Waals surface area contributed by atoms with Crippen LogP contribution < -0.4 is 5.32 Å². The van der Waals surface area contributed by atoms with Crippen LogP contribution in [0.1, 0.15) is 53.6 Å². The molecule has 4 rings (SSSR count). The van der Waals surface area contributed by atoms with Crippen LogP contribution in [0.3, 0.4) is 0 Å². The van der Waals surface area contributed by atoms with E-state index in [2.05, 4.69) is 32.2 Å². The van der Waals surface area contributed by atoms with Gasteiger partial charge in [-0.25, -0.2) is 0 Å². The van der Waals surface area contributed by atoms with E-state index >= 15 is 0 Å². The van der Waals surface area contributed by atoms with Crippen molar-refractivity contribution in [3.63, 3.8) is 0 Å². The molecule has 1 atom stereocenters. The molecule has 2 aromatic carbocycles. The zero-order chi connectivity index (χ0) is 19.9. The third-order valence-corrected chi connectivity index (χ3v) is 7.03. The van der Waals surface area contributed by atoms with Gasteiger partial charge in [0, 0.05) is 10.4 Å². The highest BCUT2D eigenvalue weighted by Gasteiger charge is 2.32. The zero-order valence-electron chi connectivity index (χ0n) is 16.5. The van der Waals surface area contributed by atoms with E-state index in [-0.39, 0.29) is 11.3 Å². The van der Waals surface area contributed by atoms with Gasteiger partial charge in [0.15, 0.2) is 0 Å². The second-order valence-corrected chi connectivity index (χ2v) is 9.71. The Morgan fingerprint density at radius 2 is 1.93 bits per heavy atom. The molecule has 0 radical (unpaired) electrons. The maximum absolute atomic E-state index is 13.0. The first kappa shape index (κ1) is 18.7. The van der Waals surface area contributed by atoms with Crippen molar-refractivity contribution < 1.29 is 4.79 Å². The van der Waals surface area contributed by atoms with Crippen LogP contribution in [0.25, 0.3) is 10.8 Å². The van der Waals surface area contributed by atoms with E-state index in [0.717, 1.165) is 35.6 Å². The van der Waals surface area contributed by atoms with Crippen molar-refractivity contribution in [1.29, 1.82) is 5.26 Å². The number of carbonyl (C=O) groups is 1. The van der Waals surface area contributed by atoms with Crippen LogP contribution in [0.4, 0.5) is 5.00 Å². The number of anilines is 1. The van der Waals surface area contributed by atoms with E-state index in [1.807, 2.05) is 42.5 Å². The molecule has 0 unspecified atom stereocenters. The van der Waals surface area contributed by atoms with E-state index < -0.39 is 0 Å². The van der Waals surface area contributed by atoms with Gasteiger partial charge >= 0.3 is 0 Å². The Balaban J connectivity index is 1.67. The summed E-state index contributed by atoms with van der Waals surface area (Å²) in [7, 11) is 0. The molecular formula is C24H24N2OS. The molecule has 1 heterocycles. The number of nitrogens with one attached hydrogen (secondary N) is 1. The van der Waals surface area contributed by atoms with Gasteiger partial charge in [-0.3, -0.25) is 4.79 Å². The number of fused-ring (bicyclic) bond motifs is 2. The summed E-state index contributed by atoms with van der Waals surface area (Å²) < 4.78 is 0. The van der Waals surface area contributed by atoms with Crippen molar-refractivity contribution in [2.24, 2.45) is 11.3 Å². The van der Waals surface area contributed by atoms with Gasteiger partial charge in [-0.05, 0) is 53.0 Å². The molecule has 1 N–H and O–H groups in total. The summed E-state index contributed by atoms with van der Waals surface area (Å²) in [5, 5.41) is 15.4. The fraction of sp³-hybridized carbons (Fsp3) is 0.333. The number of thiophene rings is 1. The monoisotopic (exact) mass is 388 g/mol. The summed E-state index contributed by atoms with van der Waals surface area (Å²) in [5.74, 6) is 0.450. The van der Waals surface area contributed by atoms with Gasteiger partial charge in [0.25, 0.3) is 5.91 Å². The summed E-state index contributed by atoms with van der Waals surface area (Å²) in [5.41, 5.74) is 2.68. The lowest BCUT2D eigenvalue weighted by Crippen LogP contribution is -2.26. The van der Waals surface area contributed by atoms with Gasteiger partial charge in [-0.15, -0.1) is 11.3 Å². The second kappa shape index (κ2) is 7.07. The van der Waals surface area contributed by atoms with Crippen molar-refractivity contribution in [3.8, 4) is 6.07 Å². The molecule has 0 saturated carbocycles. The van der Waals surface area contributed by atoms with Gasteiger partial charge in [0.1, 0.15) is 11.1 Å². The highest BCUT2D eigenvalue weighted by Crippen LogP contribution is 2.44. The molecular weight excluding hydrogens is 364 g/mol. The summed E-state index contributed by atoms with van der Waals surface area (Å²) >= 11 is 1.58.